The Morgan fingerprint density at radius 2 is 1.93 bits per heavy atom. The number of aliphatic hydroxyl groups excluding tert-OH is 1. The van der Waals surface area contributed by atoms with Crippen molar-refractivity contribution >= 4 is 23.8 Å². The molecule has 1 unspecified atom stereocenters. The molecule has 10 nitrogen and oxygen atoms in total. The molecule has 0 aromatic heterocycles. The highest BCUT2D eigenvalue weighted by atomic mass is 16.4. The van der Waals surface area contributed by atoms with E-state index in [1.807, 2.05) is 0 Å². The number of quaternary nitrogens is 1. The van der Waals surface area contributed by atoms with E-state index in [-0.39, 0.29) is 11.4 Å². The highest BCUT2D eigenvalue weighted by molar-refractivity contribution is 5.96. The number of carboxylic acid groups (broad SMARTS) is 2. The standard InChI is InChI=1S/C14H25N3O3.C4H4O4/c1-9(2)7-16-6-4-5-14(16)8-17(13(14)20)11(10(3)18)12(15)19;5-3(6)1-2-4(7)8/h9-11,18H,4-8H2,1-3H3,(H2,15,19);1-2H,(H,5,6)(H,7,8)/b;2-1-/t10-,11+,14+;/m1./s1. The fourth-order valence-electron chi connectivity index (χ4n) is 3.89. The predicted octanol–water partition coefficient (Wildman–Crippen LogP) is -3.49. The molecule has 2 heterocycles. The number of hydrogen-bond acceptors (Lipinski definition) is 6. The van der Waals surface area contributed by atoms with Gasteiger partial charge in [0.1, 0.15) is 6.04 Å². The minimum atomic E-state index is -1.51. The number of rotatable bonds is 7. The summed E-state index contributed by atoms with van der Waals surface area (Å²) in [6.07, 6.45) is 1.92. The SMILES string of the molecule is CC(C)C[NH+]1CCC[C@@]12CN([C@H](C(N)=O)[C@@H](C)O)C2=O.O=C([O-])/C=C\C(=O)O. The number of aliphatic carboxylic acids is 2. The normalized spacial score (nSPS) is 26.0. The Labute approximate surface area is 163 Å². The molecule has 5 N–H and O–H groups in total. The summed E-state index contributed by atoms with van der Waals surface area (Å²) in [7, 11) is 0. The molecule has 1 spiro atoms. The number of carboxylic acids is 2. The molecular weight excluding hydrogens is 370 g/mol. The summed E-state index contributed by atoms with van der Waals surface area (Å²) >= 11 is 0. The van der Waals surface area contributed by atoms with Crippen LogP contribution in [0.5, 0.6) is 0 Å². The van der Waals surface area contributed by atoms with Crippen LogP contribution in [0.4, 0.5) is 0 Å². The molecule has 158 valence electrons. The molecule has 0 bridgehead atoms. The Morgan fingerprint density at radius 3 is 2.29 bits per heavy atom. The molecule has 2 amide bonds. The Balaban J connectivity index is 0.000000416. The van der Waals surface area contributed by atoms with Crippen LogP contribution < -0.4 is 15.7 Å². The number of β-lactam (4-membered cyclic amide) rings is 1. The van der Waals surface area contributed by atoms with Crippen LogP contribution in [0.15, 0.2) is 12.2 Å². The van der Waals surface area contributed by atoms with Crippen LogP contribution in [0.1, 0.15) is 33.6 Å². The van der Waals surface area contributed by atoms with Crippen LogP contribution in [-0.4, -0.2) is 76.2 Å². The maximum atomic E-state index is 12.6. The number of carbonyl (C=O) groups is 4. The lowest BCUT2D eigenvalue weighted by molar-refractivity contribution is -0.936. The van der Waals surface area contributed by atoms with Gasteiger partial charge in [-0.15, -0.1) is 0 Å². The molecule has 2 fully saturated rings. The van der Waals surface area contributed by atoms with E-state index in [0.717, 1.165) is 25.9 Å². The summed E-state index contributed by atoms with van der Waals surface area (Å²) in [5, 5.41) is 26.9. The number of amides is 2. The number of nitrogens with zero attached hydrogens (tertiary/aromatic N) is 1. The van der Waals surface area contributed by atoms with Gasteiger partial charge in [-0.05, 0) is 13.0 Å². The van der Waals surface area contributed by atoms with E-state index in [9.17, 15) is 29.4 Å². The van der Waals surface area contributed by atoms with Gasteiger partial charge in [0.2, 0.25) is 5.91 Å². The third-order valence-corrected chi connectivity index (χ3v) is 4.97. The smallest absolute Gasteiger partial charge is 0.328 e. The van der Waals surface area contributed by atoms with Gasteiger partial charge >= 0.3 is 5.97 Å². The van der Waals surface area contributed by atoms with Crippen LogP contribution in [0.3, 0.4) is 0 Å². The minimum absolute atomic E-state index is 0.0182. The van der Waals surface area contributed by atoms with Crippen molar-refractivity contribution in [3.63, 3.8) is 0 Å². The zero-order valence-electron chi connectivity index (χ0n) is 16.4. The van der Waals surface area contributed by atoms with E-state index in [1.54, 1.807) is 0 Å². The van der Waals surface area contributed by atoms with Crippen LogP contribution in [0.2, 0.25) is 0 Å². The molecule has 0 aliphatic carbocycles. The van der Waals surface area contributed by atoms with Gasteiger partial charge in [-0.3, -0.25) is 9.59 Å². The van der Waals surface area contributed by atoms with Gasteiger partial charge in [0, 0.05) is 24.8 Å². The van der Waals surface area contributed by atoms with Gasteiger partial charge in [-0.1, -0.05) is 13.8 Å². The summed E-state index contributed by atoms with van der Waals surface area (Å²) < 4.78 is 0. The number of primary amides is 1. The monoisotopic (exact) mass is 399 g/mol. The van der Waals surface area contributed by atoms with E-state index in [4.69, 9.17) is 10.8 Å². The lowest BCUT2D eigenvalue weighted by Gasteiger charge is -2.51. The van der Waals surface area contributed by atoms with Crippen LogP contribution in [0, 0.1) is 5.92 Å². The average molecular weight is 399 g/mol. The highest BCUT2D eigenvalue weighted by Gasteiger charge is 2.64. The molecule has 0 radical (unpaired) electrons. The second-order valence-corrected chi connectivity index (χ2v) is 7.65. The molecule has 2 rings (SSSR count). The topological polar surface area (TPSA) is 165 Å². The minimum Gasteiger partial charge on any atom is -0.545 e. The molecular formula is C18H29N3O7. The first kappa shape index (κ1) is 23.6. The number of nitrogens with two attached hydrogens (primary N) is 1. The van der Waals surface area contributed by atoms with Crippen LogP contribution in [0.25, 0.3) is 0 Å². The summed E-state index contributed by atoms with van der Waals surface area (Å²) in [5.74, 6) is -2.92. The maximum Gasteiger partial charge on any atom is 0.328 e. The summed E-state index contributed by atoms with van der Waals surface area (Å²) in [5.41, 5.74) is 4.94. The number of aliphatic hydroxyl groups is 1. The molecule has 0 aromatic carbocycles. The van der Waals surface area contributed by atoms with Gasteiger partial charge in [0.15, 0.2) is 5.54 Å². The first-order valence-corrected chi connectivity index (χ1v) is 9.18. The van der Waals surface area contributed by atoms with Gasteiger partial charge < -0.3 is 35.6 Å². The molecule has 2 aliphatic heterocycles. The Kier molecular flexibility index (Phi) is 8.13. The van der Waals surface area contributed by atoms with E-state index >= 15 is 0 Å². The number of hydrogen-bond donors (Lipinski definition) is 4. The van der Waals surface area contributed by atoms with Crippen molar-refractivity contribution in [3.8, 4) is 0 Å². The molecule has 28 heavy (non-hydrogen) atoms. The second kappa shape index (κ2) is 9.65. The lowest BCUT2D eigenvalue weighted by Crippen LogP contribution is -3.23. The number of nitrogens with one attached hydrogen (secondary N) is 1. The Bertz CT molecular complexity index is 631. The van der Waals surface area contributed by atoms with Crippen molar-refractivity contribution in [1.29, 1.82) is 0 Å². The molecule has 4 atom stereocenters. The van der Waals surface area contributed by atoms with E-state index in [0.29, 0.717) is 24.6 Å². The van der Waals surface area contributed by atoms with Gasteiger partial charge in [-0.25, -0.2) is 4.79 Å². The Hall–Kier alpha value is -2.46. The molecule has 2 saturated heterocycles. The fourth-order valence-corrected chi connectivity index (χ4v) is 3.89. The van der Waals surface area contributed by atoms with E-state index in [1.165, 1.54) is 16.7 Å². The zero-order valence-corrected chi connectivity index (χ0v) is 16.4. The lowest BCUT2D eigenvalue weighted by atomic mass is 9.83. The molecule has 10 heteroatoms. The van der Waals surface area contributed by atoms with Gasteiger partial charge in [0.05, 0.1) is 31.7 Å². The van der Waals surface area contributed by atoms with Crippen molar-refractivity contribution in [2.45, 2.75) is 51.3 Å². The summed E-state index contributed by atoms with van der Waals surface area (Å²) in [6.45, 7) is 8.32. The second-order valence-electron chi connectivity index (χ2n) is 7.65. The maximum absolute atomic E-state index is 12.6. The van der Waals surface area contributed by atoms with Crippen LogP contribution in [-0.2, 0) is 19.2 Å². The Morgan fingerprint density at radius 1 is 1.32 bits per heavy atom. The first-order chi connectivity index (χ1) is 12.9. The van der Waals surface area contributed by atoms with Gasteiger partial charge in [0.25, 0.3) is 5.91 Å². The predicted molar refractivity (Wildman–Crippen MR) is 95.7 cm³/mol. The quantitative estimate of drug-likeness (QED) is 0.255. The third kappa shape index (κ3) is 5.52. The zero-order chi connectivity index (χ0) is 21.6. The van der Waals surface area contributed by atoms with Gasteiger partial charge in [-0.2, -0.15) is 0 Å². The summed E-state index contributed by atoms with van der Waals surface area (Å²) in [6, 6.07) is -0.894. The number of carbonyl (C=O) groups excluding carboxylic acids is 3. The van der Waals surface area contributed by atoms with E-state index in [2.05, 4.69) is 13.8 Å². The highest BCUT2D eigenvalue weighted by Crippen LogP contribution is 2.30. The largest absolute Gasteiger partial charge is 0.545 e. The van der Waals surface area contributed by atoms with Crippen molar-refractivity contribution < 1.29 is 39.4 Å². The van der Waals surface area contributed by atoms with Crippen molar-refractivity contribution in [2.24, 2.45) is 11.7 Å². The average Bonchev–Trinajstić information content (AvgIpc) is 2.97. The summed E-state index contributed by atoms with van der Waals surface area (Å²) in [4.78, 5) is 45.8. The van der Waals surface area contributed by atoms with Crippen molar-refractivity contribution in [1.82, 2.24) is 4.90 Å². The molecule has 0 aromatic rings. The number of likely N-dealkylation sites (tertiary alicyclic amines) is 2. The first-order valence-electron chi connectivity index (χ1n) is 9.18. The fraction of sp³-hybridized carbons (Fsp3) is 0.667. The van der Waals surface area contributed by atoms with E-state index < -0.39 is 30.0 Å². The molecule has 0 saturated carbocycles. The molecule has 2 aliphatic rings. The van der Waals surface area contributed by atoms with Crippen LogP contribution >= 0.6 is 0 Å². The van der Waals surface area contributed by atoms with Crippen molar-refractivity contribution in [2.75, 3.05) is 19.6 Å². The third-order valence-electron chi connectivity index (χ3n) is 4.97. The van der Waals surface area contributed by atoms with Crippen molar-refractivity contribution in [3.05, 3.63) is 12.2 Å².